The summed E-state index contributed by atoms with van der Waals surface area (Å²) in [4.78, 5) is 13.9. The SMILES string of the molecule is O=C(Cc1ccon1)N1C[C@H](O)C[C@@H]1c1ccc(C(F)(F)F)cc1. The molecule has 8 heteroatoms. The molecule has 24 heavy (non-hydrogen) atoms. The van der Waals surface area contributed by atoms with Crippen LogP contribution in [-0.2, 0) is 17.4 Å². The molecule has 5 nitrogen and oxygen atoms in total. The molecule has 1 saturated heterocycles. The highest BCUT2D eigenvalue weighted by molar-refractivity contribution is 5.79. The first kappa shape index (κ1) is 16.5. The zero-order chi connectivity index (χ0) is 17.3. The molecule has 1 aliphatic heterocycles. The first-order valence-corrected chi connectivity index (χ1v) is 7.38. The normalized spacial score (nSPS) is 21.2. The first-order chi connectivity index (χ1) is 11.3. The number of alkyl halides is 3. The van der Waals surface area contributed by atoms with E-state index >= 15 is 0 Å². The summed E-state index contributed by atoms with van der Waals surface area (Å²) in [5.74, 6) is -0.259. The molecule has 1 fully saturated rings. The molecule has 1 aliphatic rings. The third-order valence-electron chi connectivity index (χ3n) is 4.05. The van der Waals surface area contributed by atoms with Gasteiger partial charge in [-0.15, -0.1) is 0 Å². The molecule has 2 heterocycles. The molecule has 2 atom stereocenters. The number of carbonyl (C=O) groups is 1. The number of nitrogens with zero attached hydrogens (tertiary/aromatic N) is 2. The predicted octanol–water partition coefficient (Wildman–Crippen LogP) is 2.57. The number of rotatable bonds is 3. The number of aliphatic hydroxyl groups excluding tert-OH is 1. The average molecular weight is 340 g/mol. The van der Waals surface area contributed by atoms with Gasteiger partial charge in [-0.3, -0.25) is 4.79 Å². The molecule has 3 rings (SSSR count). The van der Waals surface area contributed by atoms with Gasteiger partial charge in [0.15, 0.2) is 0 Å². The second kappa shape index (κ2) is 6.27. The Morgan fingerprint density at radius 2 is 2.00 bits per heavy atom. The first-order valence-electron chi connectivity index (χ1n) is 7.38. The Bertz CT molecular complexity index is 698. The zero-order valence-electron chi connectivity index (χ0n) is 12.5. The Kier molecular flexibility index (Phi) is 4.31. The van der Waals surface area contributed by atoms with Crippen molar-refractivity contribution in [1.29, 1.82) is 0 Å². The number of aliphatic hydroxyl groups is 1. The zero-order valence-corrected chi connectivity index (χ0v) is 12.5. The fourth-order valence-electron chi connectivity index (χ4n) is 2.88. The summed E-state index contributed by atoms with van der Waals surface area (Å²) in [6, 6.07) is 5.78. The third-order valence-corrected chi connectivity index (χ3v) is 4.05. The summed E-state index contributed by atoms with van der Waals surface area (Å²) in [7, 11) is 0. The number of amides is 1. The molecule has 1 aromatic heterocycles. The molecule has 0 bridgehead atoms. The van der Waals surface area contributed by atoms with E-state index in [9.17, 15) is 23.1 Å². The van der Waals surface area contributed by atoms with Gasteiger partial charge in [0.2, 0.25) is 5.91 Å². The van der Waals surface area contributed by atoms with E-state index in [0.717, 1.165) is 12.1 Å². The van der Waals surface area contributed by atoms with Crippen LogP contribution in [0.2, 0.25) is 0 Å². The summed E-state index contributed by atoms with van der Waals surface area (Å²) in [6.07, 6.45) is -3.46. The fraction of sp³-hybridized carbons (Fsp3) is 0.375. The van der Waals surface area contributed by atoms with Crippen LogP contribution in [0.3, 0.4) is 0 Å². The van der Waals surface area contributed by atoms with E-state index in [1.165, 1.54) is 23.3 Å². The van der Waals surface area contributed by atoms with Crippen LogP contribution in [0.4, 0.5) is 13.2 Å². The van der Waals surface area contributed by atoms with Gasteiger partial charge in [0, 0.05) is 12.6 Å². The minimum Gasteiger partial charge on any atom is -0.391 e. The minimum absolute atomic E-state index is 0.0142. The Labute approximate surface area is 135 Å². The predicted molar refractivity (Wildman–Crippen MR) is 76.7 cm³/mol. The number of carbonyl (C=O) groups excluding carboxylic acids is 1. The van der Waals surface area contributed by atoms with Gasteiger partial charge in [-0.25, -0.2) is 0 Å². The maximum atomic E-state index is 12.7. The lowest BCUT2D eigenvalue weighted by molar-refractivity contribution is -0.137. The van der Waals surface area contributed by atoms with Crippen molar-refractivity contribution in [2.45, 2.75) is 31.2 Å². The van der Waals surface area contributed by atoms with E-state index in [1.807, 2.05) is 0 Å². The second-order valence-corrected chi connectivity index (χ2v) is 5.74. The highest BCUT2D eigenvalue weighted by atomic mass is 19.4. The largest absolute Gasteiger partial charge is 0.416 e. The van der Waals surface area contributed by atoms with Crippen molar-refractivity contribution in [3.63, 3.8) is 0 Å². The number of aromatic nitrogens is 1. The molecule has 0 radical (unpaired) electrons. The van der Waals surface area contributed by atoms with E-state index in [0.29, 0.717) is 11.3 Å². The highest BCUT2D eigenvalue weighted by Crippen LogP contribution is 2.35. The number of β-amino-alcohol motifs (C(OH)–C–C–N with tert-alkyl or cyclic N) is 1. The molecule has 0 aliphatic carbocycles. The van der Waals surface area contributed by atoms with E-state index in [1.54, 1.807) is 6.07 Å². The topological polar surface area (TPSA) is 66.6 Å². The Morgan fingerprint density at radius 3 is 2.58 bits per heavy atom. The lowest BCUT2D eigenvalue weighted by Gasteiger charge is -2.24. The molecule has 0 unspecified atom stereocenters. The van der Waals surface area contributed by atoms with Crippen LogP contribution < -0.4 is 0 Å². The van der Waals surface area contributed by atoms with Gasteiger partial charge < -0.3 is 14.5 Å². The lowest BCUT2D eigenvalue weighted by atomic mass is 10.0. The van der Waals surface area contributed by atoms with Crippen LogP contribution in [0.25, 0.3) is 0 Å². The number of benzene rings is 1. The lowest BCUT2D eigenvalue weighted by Crippen LogP contribution is -2.33. The molecule has 0 saturated carbocycles. The Balaban J connectivity index is 1.78. The number of hydrogen-bond donors (Lipinski definition) is 1. The van der Waals surface area contributed by atoms with Crippen LogP contribution in [0, 0.1) is 0 Å². The minimum atomic E-state index is -4.41. The van der Waals surface area contributed by atoms with Crippen molar-refractivity contribution in [2.75, 3.05) is 6.54 Å². The van der Waals surface area contributed by atoms with E-state index in [4.69, 9.17) is 0 Å². The van der Waals surface area contributed by atoms with E-state index in [2.05, 4.69) is 9.68 Å². The maximum Gasteiger partial charge on any atom is 0.416 e. The van der Waals surface area contributed by atoms with E-state index < -0.39 is 23.9 Å². The summed E-state index contributed by atoms with van der Waals surface area (Å²) in [6.45, 7) is 0.141. The molecule has 1 N–H and O–H groups in total. The quantitative estimate of drug-likeness (QED) is 0.933. The van der Waals surface area contributed by atoms with Crippen molar-refractivity contribution >= 4 is 5.91 Å². The number of hydrogen-bond acceptors (Lipinski definition) is 4. The fourth-order valence-corrected chi connectivity index (χ4v) is 2.88. The van der Waals surface area contributed by atoms with E-state index in [-0.39, 0.29) is 25.3 Å². The standard InChI is InChI=1S/C16H15F3N2O3/c17-16(18,19)11-3-1-10(2-4-11)14-8-13(22)9-21(14)15(23)7-12-5-6-24-20-12/h1-6,13-14,22H,7-9H2/t13-,14-/m1/s1. The van der Waals surface area contributed by atoms with Crippen LogP contribution in [0.15, 0.2) is 41.1 Å². The molecule has 1 aromatic carbocycles. The van der Waals surface area contributed by atoms with Gasteiger partial charge in [0.05, 0.1) is 29.8 Å². The van der Waals surface area contributed by atoms with Crippen LogP contribution in [-0.4, -0.2) is 33.7 Å². The van der Waals surface area contributed by atoms with Crippen molar-refractivity contribution in [3.05, 3.63) is 53.4 Å². The van der Waals surface area contributed by atoms with Gasteiger partial charge in [-0.1, -0.05) is 17.3 Å². The summed E-state index contributed by atoms with van der Waals surface area (Å²) < 4.78 is 42.6. The molecular formula is C16H15F3N2O3. The molecule has 0 spiro atoms. The van der Waals surface area contributed by atoms with Crippen LogP contribution in [0.5, 0.6) is 0 Å². The van der Waals surface area contributed by atoms with Gasteiger partial charge in [-0.2, -0.15) is 13.2 Å². The number of halogens is 3. The van der Waals surface area contributed by atoms with Crippen molar-refractivity contribution < 1.29 is 27.6 Å². The molecule has 128 valence electrons. The van der Waals surface area contributed by atoms with Gasteiger partial charge in [0.25, 0.3) is 0 Å². The monoisotopic (exact) mass is 340 g/mol. The van der Waals surface area contributed by atoms with Gasteiger partial charge in [0.1, 0.15) is 6.26 Å². The van der Waals surface area contributed by atoms with Gasteiger partial charge >= 0.3 is 6.18 Å². The van der Waals surface area contributed by atoms with Gasteiger partial charge in [-0.05, 0) is 24.1 Å². The molecule has 2 aromatic rings. The third kappa shape index (κ3) is 3.43. The molecular weight excluding hydrogens is 325 g/mol. The maximum absolute atomic E-state index is 12.7. The van der Waals surface area contributed by atoms with Crippen molar-refractivity contribution in [2.24, 2.45) is 0 Å². The highest BCUT2D eigenvalue weighted by Gasteiger charge is 2.36. The van der Waals surface area contributed by atoms with Crippen LogP contribution in [0.1, 0.15) is 29.3 Å². The molecule has 1 amide bonds. The smallest absolute Gasteiger partial charge is 0.391 e. The summed E-state index contributed by atoms with van der Waals surface area (Å²) in [5.41, 5.74) is 0.283. The van der Waals surface area contributed by atoms with Crippen molar-refractivity contribution in [1.82, 2.24) is 10.1 Å². The number of likely N-dealkylation sites (tertiary alicyclic amines) is 1. The summed E-state index contributed by atoms with van der Waals surface area (Å²) in [5, 5.41) is 13.6. The Hall–Kier alpha value is -2.35. The second-order valence-electron chi connectivity index (χ2n) is 5.74. The average Bonchev–Trinajstić information content (AvgIpc) is 3.16. The van der Waals surface area contributed by atoms with Crippen LogP contribution >= 0.6 is 0 Å². The Morgan fingerprint density at radius 1 is 1.29 bits per heavy atom. The summed E-state index contributed by atoms with van der Waals surface area (Å²) >= 11 is 0. The van der Waals surface area contributed by atoms with Crippen molar-refractivity contribution in [3.8, 4) is 0 Å².